The minimum Gasteiger partial charge on any atom is -0.391 e. The molecule has 1 aromatic heterocycles. The first kappa shape index (κ1) is 9.37. The molecular formula is C11H10O2S. The van der Waals surface area contributed by atoms with Gasteiger partial charge in [0, 0.05) is 20.5 Å². The maximum absolute atomic E-state index is 11.8. The fourth-order valence-corrected chi connectivity index (χ4v) is 2.43. The van der Waals surface area contributed by atoms with Crippen molar-refractivity contribution in [3.8, 4) is 0 Å². The van der Waals surface area contributed by atoms with Gasteiger partial charge in [0.25, 0.3) is 0 Å². The van der Waals surface area contributed by atoms with Gasteiger partial charge >= 0.3 is 0 Å². The van der Waals surface area contributed by atoms with E-state index in [1.807, 2.05) is 24.3 Å². The van der Waals surface area contributed by atoms with Crippen LogP contribution in [0, 0.1) is 6.92 Å². The van der Waals surface area contributed by atoms with Crippen molar-refractivity contribution in [2.75, 3.05) is 0 Å². The summed E-state index contributed by atoms with van der Waals surface area (Å²) in [5.41, 5.74) is 0.694. The predicted molar refractivity (Wildman–Crippen MR) is 58.8 cm³/mol. The molecular weight excluding hydrogens is 196 g/mol. The molecule has 1 heterocycles. The molecule has 0 aliphatic heterocycles. The van der Waals surface area contributed by atoms with Crippen LogP contribution >= 0.6 is 11.3 Å². The summed E-state index contributed by atoms with van der Waals surface area (Å²) in [4.78, 5) is 12.6. The zero-order valence-electron chi connectivity index (χ0n) is 7.78. The lowest BCUT2D eigenvalue weighted by atomic mass is 10.2. The maximum Gasteiger partial charge on any atom is 0.191 e. The Morgan fingerprint density at radius 1 is 1.36 bits per heavy atom. The largest absolute Gasteiger partial charge is 0.391 e. The van der Waals surface area contributed by atoms with Gasteiger partial charge in [-0.2, -0.15) is 0 Å². The summed E-state index contributed by atoms with van der Waals surface area (Å²) in [6.07, 6.45) is 0. The zero-order chi connectivity index (χ0) is 10.1. The van der Waals surface area contributed by atoms with Crippen molar-refractivity contribution in [1.29, 1.82) is 0 Å². The van der Waals surface area contributed by atoms with E-state index in [9.17, 15) is 4.79 Å². The van der Waals surface area contributed by atoms with E-state index in [1.54, 1.807) is 6.92 Å². The highest BCUT2D eigenvalue weighted by molar-refractivity contribution is 7.18. The summed E-state index contributed by atoms with van der Waals surface area (Å²) >= 11 is 1.48. The molecule has 72 valence electrons. The van der Waals surface area contributed by atoms with Crippen LogP contribution in [0.3, 0.4) is 0 Å². The number of hydrogen-bond donors (Lipinski definition) is 1. The first-order valence-electron chi connectivity index (χ1n) is 4.36. The lowest BCUT2D eigenvalue weighted by Crippen LogP contribution is -2.07. The number of aliphatic hydroxyl groups excluding tert-OH is 1. The van der Waals surface area contributed by atoms with Gasteiger partial charge in [-0.15, -0.1) is 11.3 Å². The monoisotopic (exact) mass is 206 g/mol. The average Bonchev–Trinajstić information content (AvgIpc) is 2.23. The third-order valence-electron chi connectivity index (χ3n) is 2.27. The number of benzene rings is 1. The molecule has 1 aromatic carbocycles. The lowest BCUT2D eigenvalue weighted by molar-refractivity contribution is 0.284. The first-order chi connectivity index (χ1) is 6.74. The van der Waals surface area contributed by atoms with Gasteiger partial charge < -0.3 is 5.11 Å². The Hall–Kier alpha value is -1.19. The molecule has 0 aliphatic rings. The van der Waals surface area contributed by atoms with Crippen LogP contribution in [0.25, 0.3) is 10.1 Å². The van der Waals surface area contributed by atoms with Crippen LogP contribution < -0.4 is 5.43 Å². The molecule has 0 spiro atoms. The van der Waals surface area contributed by atoms with Crippen LogP contribution in [-0.2, 0) is 6.61 Å². The standard InChI is InChI=1S/C11H10O2S/c1-7-10(6-12)14-9-5-3-2-4-8(9)11(7)13/h2-5,12H,6H2,1H3. The Morgan fingerprint density at radius 2 is 2.07 bits per heavy atom. The summed E-state index contributed by atoms with van der Waals surface area (Å²) in [5, 5.41) is 9.82. The van der Waals surface area contributed by atoms with Crippen LogP contribution in [-0.4, -0.2) is 5.11 Å². The molecule has 2 nitrogen and oxygen atoms in total. The van der Waals surface area contributed by atoms with E-state index in [0.29, 0.717) is 5.56 Å². The molecule has 0 unspecified atom stereocenters. The Kier molecular flexibility index (Phi) is 2.35. The van der Waals surface area contributed by atoms with Crippen LogP contribution in [0.4, 0.5) is 0 Å². The molecule has 0 amide bonds. The molecule has 0 saturated carbocycles. The van der Waals surface area contributed by atoms with Crippen LogP contribution in [0.15, 0.2) is 29.1 Å². The number of rotatable bonds is 1. The molecule has 0 bridgehead atoms. The van der Waals surface area contributed by atoms with Crippen LogP contribution in [0.2, 0.25) is 0 Å². The molecule has 0 saturated heterocycles. The third-order valence-corrected chi connectivity index (χ3v) is 3.52. The van der Waals surface area contributed by atoms with Crippen molar-refractivity contribution >= 4 is 21.4 Å². The summed E-state index contributed by atoms with van der Waals surface area (Å²) in [6.45, 7) is 1.70. The summed E-state index contributed by atoms with van der Waals surface area (Å²) in [6, 6.07) is 7.48. The fraction of sp³-hybridized carbons (Fsp3) is 0.182. The van der Waals surface area contributed by atoms with Gasteiger partial charge in [-0.25, -0.2) is 0 Å². The molecule has 0 atom stereocenters. The van der Waals surface area contributed by atoms with Gasteiger partial charge in [-0.3, -0.25) is 4.79 Å². The van der Waals surface area contributed by atoms with Crippen LogP contribution in [0.5, 0.6) is 0 Å². The van der Waals surface area contributed by atoms with E-state index >= 15 is 0 Å². The number of fused-ring (bicyclic) bond motifs is 1. The highest BCUT2D eigenvalue weighted by Gasteiger charge is 2.06. The highest BCUT2D eigenvalue weighted by atomic mass is 32.1. The Balaban J connectivity index is 2.92. The molecule has 2 rings (SSSR count). The second-order valence-electron chi connectivity index (χ2n) is 3.13. The Bertz CT molecular complexity index is 528. The average molecular weight is 206 g/mol. The van der Waals surface area contributed by atoms with Gasteiger partial charge in [-0.1, -0.05) is 12.1 Å². The van der Waals surface area contributed by atoms with Gasteiger partial charge in [0.05, 0.1) is 6.61 Å². The molecule has 0 aliphatic carbocycles. The smallest absolute Gasteiger partial charge is 0.191 e. The summed E-state index contributed by atoms with van der Waals surface area (Å²) in [7, 11) is 0. The van der Waals surface area contributed by atoms with Crippen molar-refractivity contribution in [2.24, 2.45) is 0 Å². The third kappa shape index (κ3) is 1.35. The van der Waals surface area contributed by atoms with Crippen molar-refractivity contribution in [1.82, 2.24) is 0 Å². The quantitative estimate of drug-likeness (QED) is 0.775. The van der Waals surface area contributed by atoms with Gasteiger partial charge in [0.2, 0.25) is 0 Å². The predicted octanol–water partition coefficient (Wildman–Crippen LogP) is 2.06. The first-order valence-corrected chi connectivity index (χ1v) is 5.18. The van der Waals surface area contributed by atoms with E-state index in [-0.39, 0.29) is 12.0 Å². The van der Waals surface area contributed by atoms with Crippen molar-refractivity contribution in [3.05, 3.63) is 44.9 Å². The second-order valence-corrected chi connectivity index (χ2v) is 4.27. The second kappa shape index (κ2) is 3.52. The van der Waals surface area contributed by atoms with Gasteiger partial charge in [-0.05, 0) is 19.1 Å². The molecule has 0 radical (unpaired) electrons. The SMILES string of the molecule is Cc1c(CO)sc2ccccc2c1=O. The summed E-state index contributed by atoms with van der Waals surface area (Å²) < 4.78 is 0.937. The fourth-order valence-electron chi connectivity index (χ4n) is 1.43. The summed E-state index contributed by atoms with van der Waals surface area (Å²) in [5.74, 6) is 0. The Labute approximate surface area is 85.4 Å². The topological polar surface area (TPSA) is 37.3 Å². The zero-order valence-corrected chi connectivity index (χ0v) is 8.60. The van der Waals surface area contributed by atoms with E-state index in [4.69, 9.17) is 5.11 Å². The van der Waals surface area contributed by atoms with Crippen molar-refractivity contribution in [2.45, 2.75) is 13.5 Å². The van der Waals surface area contributed by atoms with E-state index < -0.39 is 0 Å². The van der Waals surface area contributed by atoms with Crippen LogP contribution in [0.1, 0.15) is 10.4 Å². The van der Waals surface area contributed by atoms with E-state index in [1.165, 1.54) is 11.3 Å². The van der Waals surface area contributed by atoms with E-state index in [2.05, 4.69) is 0 Å². The molecule has 3 heteroatoms. The highest BCUT2D eigenvalue weighted by Crippen LogP contribution is 2.21. The number of aliphatic hydroxyl groups is 1. The molecule has 14 heavy (non-hydrogen) atoms. The maximum atomic E-state index is 11.8. The number of hydrogen-bond acceptors (Lipinski definition) is 3. The molecule has 0 fully saturated rings. The van der Waals surface area contributed by atoms with Crippen molar-refractivity contribution in [3.63, 3.8) is 0 Å². The lowest BCUT2D eigenvalue weighted by Gasteiger charge is -2.02. The minimum atomic E-state index is -0.0590. The molecule has 2 aromatic rings. The Morgan fingerprint density at radius 3 is 2.79 bits per heavy atom. The van der Waals surface area contributed by atoms with Gasteiger partial charge in [0.15, 0.2) is 5.43 Å². The molecule has 1 N–H and O–H groups in total. The van der Waals surface area contributed by atoms with E-state index in [0.717, 1.165) is 15.0 Å². The van der Waals surface area contributed by atoms with Crippen molar-refractivity contribution < 1.29 is 5.11 Å². The normalized spacial score (nSPS) is 10.7. The van der Waals surface area contributed by atoms with Gasteiger partial charge in [0.1, 0.15) is 0 Å². The minimum absolute atomic E-state index is 0.0309.